The second kappa shape index (κ2) is 8.67. The van der Waals surface area contributed by atoms with Crippen molar-refractivity contribution < 1.29 is 4.79 Å². The van der Waals surface area contributed by atoms with Crippen molar-refractivity contribution in [2.24, 2.45) is 5.92 Å². The van der Waals surface area contributed by atoms with Gasteiger partial charge in [-0.25, -0.2) is 0 Å². The van der Waals surface area contributed by atoms with E-state index in [9.17, 15) is 4.79 Å². The van der Waals surface area contributed by atoms with Crippen LogP contribution >= 0.6 is 11.6 Å². The van der Waals surface area contributed by atoms with Gasteiger partial charge >= 0.3 is 0 Å². The molecule has 2 heterocycles. The zero-order chi connectivity index (χ0) is 21.1. The zero-order valence-electron chi connectivity index (χ0n) is 16.9. The number of fused-ring (bicyclic) bond motifs is 1. The van der Waals surface area contributed by atoms with Crippen molar-refractivity contribution in [2.45, 2.75) is 19.9 Å². The predicted octanol–water partition coefficient (Wildman–Crippen LogP) is 3.55. The zero-order valence-corrected chi connectivity index (χ0v) is 17.6. The number of nitrogens with one attached hydrogen (secondary N) is 1. The van der Waals surface area contributed by atoms with Crippen LogP contribution in [-0.2, 0) is 4.79 Å². The average molecular weight is 423 g/mol. The Morgan fingerprint density at radius 1 is 1.13 bits per heavy atom. The Balaban J connectivity index is 1.75. The highest BCUT2D eigenvalue weighted by Gasteiger charge is 2.31. The molecule has 2 aromatic carbocycles. The summed E-state index contributed by atoms with van der Waals surface area (Å²) in [5, 5.41) is 16.0. The summed E-state index contributed by atoms with van der Waals surface area (Å²) >= 11 is 6.10. The molecule has 1 N–H and O–H groups in total. The van der Waals surface area contributed by atoms with Gasteiger partial charge in [0.05, 0.1) is 5.70 Å². The molecule has 1 aliphatic heterocycles. The Hall–Kier alpha value is -3.19. The lowest BCUT2D eigenvalue weighted by Crippen LogP contribution is -2.41. The van der Waals surface area contributed by atoms with Crippen LogP contribution in [0.15, 0.2) is 60.7 Å². The Morgan fingerprint density at radius 2 is 1.87 bits per heavy atom. The van der Waals surface area contributed by atoms with Crippen molar-refractivity contribution in [2.75, 3.05) is 18.0 Å². The Kier molecular flexibility index (Phi) is 5.81. The maximum absolute atomic E-state index is 12.7. The van der Waals surface area contributed by atoms with Crippen LogP contribution in [0.3, 0.4) is 0 Å². The number of nitrogens with zero attached hydrogens (tertiary/aromatic N) is 5. The van der Waals surface area contributed by atoms with Crippen LogP contribution < -0.4 is 10.2 Å². The fourth-order valence-corrected chi connectivity index (χ4v) is 3.52. The van der Waals surface area contributed by atoms with Gasteiger partial charge in [-0.1, -0.05) is 73.0 Å². The highest BCUT2D eigenvalue weighted by Crippen LogP contribution is 2.36. The maximum Gasteiger partial charge on any atom is 0.251 e. The molecular formula is C22H23ClN6O. The van der Waals surface area contributed by atoms with E-state index in [-0.39, 0.29) is 18.5 Å². The number of rotatable bonds is 6. The molecule has 1 atom stereocenters. The number of anilines is 1. The topological polar surface area (TPSA) is 75.9 Å². The van der Waals surface area contributed by atoms with Gasteiger partial charge in [0, 0.05) is 11.6 Å². The minimum Gasteiger partial charge on any atom is -0.354 e. The quantitative estimate of drug-likeness (QED) is 0.657. The van der Waals surface area contributed by atoms with Crippen molar-refractivity contribution in [1.29, 1.82) is 0 Å². The molecule has 0 aliphatic carbocycles. The van der Waals surface area contributed by atoms with Crippen molar-refractivity contribution in [3.8, 4) is 0 Å². The van der Waals surface area contributed by atoms with E-state index in [0.717, 1.165) is 16.8 Å². The third-order valence-corrected chi connectivity index (χ3v) is 5.13. The number of tetrazole rings is 1. The van der Waals surface area contributed by atoms with Crippen LogP contribution in [0.1, 0.15) is 31.0 Å². The summed E-state index contributed by atoms with van der Waals surface area (Å²) in [5.41, 5.74) is 2.86. The first-order valence-corrected chi connectivity index (χ1v) is 10.3. The number of aromatic nitrogens is 4. The normalized spacial score (nSPS) is 15.7. The van der Waals surface area contributed by atoms with E-state index >= 15 is 0 Å². The summed E-state index contributed by atoms with van der Waals surface area (Å²) in [4.78, 5) is 14.5. The summed E-state index contributed by atoms with van der Waals surface area (Å²) < 4.78 is 1.74. The van der Waals surface area contributed by atoms with Gasteiger partial charge in [0.1, 0.15) is 12.6 Å². The maximum atomic E-state index is 12.7. The van der Waals surface area contributed by atoms with Crippen LogP contribution in [-0.4, -0.2) is 39.2 Å². The molecule has 0 fully saturated rings. The first-order chi connectivity index (χ1) is 14.5. The molecule has 0 radical (unpaired) electrons. The first kappa shape index (κ1) is 20.1. The summed E-state index contributed by atoms with van der Waals surface area (Å²) in [7, 11) is 0. The van der Waals surface area contributed by atoms with E-state index in [2.05, 4.69) is 40.8 Å². The van der Waals surface area contributed by atoms with E-state index < -0.39 is 0 Å². The molecule has 0 saturated carbocycles. The Bertz CT molecular complexity index is 1050. The van der Waals surface area contributed by atoms with Crippen molar-refractivity contribution >= 4 is 29.2 Å². The number of carbonyl (C=O) groups is 1. The lowest BCUT2D eigenvalue weighted by Gasteiger charge is -2.32. The minimum absolute atomic E-state index is 0.0868. The van der Waals surface area contributed by atoms with Gasteiger partial charge in [0.25, 0.3) is 5.95 Å². The molecule has 30 heavy (non-hydrogen) atoms. The lowest BCUT2D eigenvalue weighted by atomic mass is 10.0. The van der Waals surface area contributed by atoms with Crippen LogP contribution in [0.4, 0.5) is 5.95 Å². The smallest absolute Gasteiger partial charge is 0.251 e. The molecular weight excluding hydrogens is 400 g/mol. The van der Waals surface area contributed by atoms with Crippen LogP contribution in [0, 0.1) is 5.92 Å². The van der Waals surface area contributed by atoms with Crippen LogP contribution in [0.2, 0.25) is 5.02 Å². The molecule has 1 aliphatic rings. The van der Waals surface area contributed by atoms with Gasteiger partial charge in [-0.15, -0.1) is 0 Å². The molecule has 8 heteroatoms. The predicted molar refractivity (Wildman–Crippen MR) is 117 cm³/mol. The second-order valence-corrected chi connectivity index (χ2v) is 8.06. The highest BCUT2D eigenvalue weighted by atomic mass is 35.5. The highest BCUT2D eigenvalue weighted by molar-refractivity contribution is 6.30. The van der Waals surface area contributed by atoms with E-state index in [0.29, 0.717) is 23.4 Å². The summed E-state index contributed by atoms with van der Waals surface area (Å²) in [5.74, 6) is 0.807. The van der Waals surface area contributed by atoms with E-state index in [1.165, 1.54) is 0 Å². The molecule has 1 aromatic heterocycles. The molecule has 0 saturated heterocycles. The van der Waals surface area contributed by atoms with Gasteiger partial charge in [-0.2, -0.15) is 4.68 Å². The standard InChI is InChI=1S/C22H23ClN6O/c1-15(2)13-24-21(30)14-28-19(17-8-10-18(23)11-9-17)12-20(16-6-4-3-5-7-16)29-22(28)25-26-27-29/h3-12,15,20H,13-14H2,1-2H3,(H,24,30)/t20-/m0/s1. The molecule has 4 rings (SSSR count). The summed E-state index contributed by atoms with van der Waals surface area (Å²) in [6.07, 6.45) is 2.08. The molecule has 0 unspecified atom stereocenters. The number of hydrogen-bond acceptors (Lipinski definition) is 5. The summed E-state index contributed by atoms with van der Waals surface area (Å²) in [6, 6.07) is 17.4. The van der Waals surface area contributed by atoms with E-state index in [4.69, 9.17) is 11.6 Å². The van der Waals surface area contributed by atoms with Gasteiger partial charge in [-0.3, -0.25) is 9.69 Å². The second-order valence-electron chi connectivity index (χ2n) is 7.62. The number of amides is 1. The number of halogens is 1. The average Bonchev–Trinajstić information content (AvgIpc) is 3.24. The van der Waals surface area contributed by atoms with Gasteiger partial charge in [-0.05, 0) is 45.7 Å². The Labute approximate surface area is 180 Å². The molecule has 0 spiro atoms. The molecule has 3 aromatic rings. The third kappa shape index (κ3) is 4.21. The van der Waals surface area contributed by atoms with Crippen LogP contribution in [0.5, 0.6) is 0 Å². The van der Waals surface area contributed by atoms with Gasteiger partial charge in [0.2, 0.25) is 5.91 Å². The SMILES string of the molecule is CC(C)CNC(=O)CN1C(c2ccc(Cl)cc2)=C[C@@H](c2ccccc2)n2nnnc21. The first-order valence-electron chi connectivity index (χ1n) is 9.87. The van der Waals surface area contributed by atoms with Gasteiger partial charge in [0.15, 0.2) is 0 Å². The van der Waals surface area contributed by atoms with Crippen LogP contribution in [0.25, 0.3) is 5.70 Å². The number of hydrogen-bond donors (Lipinski definition) is 1. The number of carbonyl (C=O) groups excluding carboxylic acids is 1. The van der Waals surface area contributed by atoms with Crippen molar-refractivity contribution in [3.63, 3.8) is 0 Å². The third-order valence-electron chi connectivity index (χ3n) is 4.88. The fourth-order valence-electron chi connectivity index (χ4n) is 3.40. The molecule has 7 nitrogen and oxygen atoms in total. The minimum atomic E-state index is -0.183. The fraction of sp³-hybridized carbons (Fsp3) is 0.273. The van der Waals surface area contributed by atoms with Crippen molar-refractivity contribution in [1.82, 2.24) is 25.5 Å². The van der Waals surface area contributed by atoms with E-state index in [1.807, 2.05) is 59.5 Å². The number of benzene rings is 2. The lowest BCUT2D eigenvalue weighted by molar-refractivity contribution is -0.119. The monoisotopic (exact) mass is 422 g/mol. The van der Waals surface area contributed by atoms with Crippen molar-refractivity contribution in [3.05, 3.63) is 76.8 Å². The molecule has 0 bridgehead atoms. The van der Waals surface area contributed by atoms with E-state index in [1.54, 1.807) is 4.68 Å². The number of allylic oxidation sites excluding steroid dienone is 1. The summed E-state index contributed by atoms with van der Waals surface area (Å²) in [6.45, 7) is 4.85. The largest absolute Gasteiger partial charge is 0.354 e. The van der Waals surface area contributed by atoms with Gasteiger partial charge < -0.3 is 5.32 Å². The molecule has 154 valence electrons. The Morgan fingerprint density at radius 3 is 2.57 bits per heavy atom. The molecule has 1 amide bonds.